The van der Waals surface area contributed by atoms with E-state index in [0.29, 0.717) is 39.1 Å². The Morgan fingerprint density at radius 3 is 1.94 bits per heavy atom. The maximum Gasteiger partial charge on any atom is 0.236 e. The molecule has 1 fully saturated rings. The molecule has 1 aliphatic heterocycles. The summed E-state index contributed by atoms with van der Waals surface area (Å²) >= 11 is 0. The number of nitrogens with zero attached hydrogens (tertiary/aromatic N) is 3. The van der Waals surface area contributed by atoms with Crippen LogP contribution in [-0.4, -0.2) is 79.4 Å². The van der Waals surface area contributed by atoms with E-state index >= 15 is 0 Å². The number of carbonyl (C=O) groups excluding carboxylic acids is 2. The lowest BCUT2D eigenvalue weighted by molar-refractivity contribution is -0.140. The first-order valence-corrected chi connectivity index (χ1v) is 6.36. The molecule has 2 N–H and O–H groups in total. The van der Waals surface area contributed by atoms with Gasteiger partial charge in [0, 0.05) is 38.6 Å². The fraction of sp³-hybridized carbons (Fsp3) is 0.833. The summed E-state index contributed by atoms with van der Waals surface area (Å²) in [4.78, 5) is 29.1. The largest absolute Gasteiger partial charge is 0.339 e. The summed E-state index contributed by atoms with van der Waals surface area (Å²) in [6, 6.07) is -0.106. The average molecular weight is 256 g/mol. The van der Waals surface area contributed by atoms with Crippen LogP contribution in [0.4, 0.5) is 0 Å². The first-order chi connectivity index (χ1) is 8.40. The number of hydrogen-bond acceptors (Lipinski definition) is 4. The topological polar surface area (TPSA) is 69.9 Å². The highest BCUT2D eigenvalue weighted by Gasteiger charge is 2.24. The van der Waals surface area contributed by atoms with Gasteiger partial charge in [-0.1, -0.05) is 0 Å². The molecule has 0 saturated carbocycles. The maximum atomic E-state index is 11.8. The van der Waals surface area contributed by atoms with E-state index in [9.17, 15) is 9.59 Å². The zero-order valence-corrected chi connectivity index (χ0v) is 11.6. The Morgan fingerprint density at radius 1 is 1.11 bits per heavy atom. The second-order valence-corrected chi connectivity index (χ2v) is 5.18. The summed E-state index contributed by atoms with van der Waals surface area (Å²) in [6.45, 7) is 4.73. The van der Waals surface area contributed by atoms with Crippen LogP contribution in [0.1, 0.15) is 13.3 Å². The van der Waals surface area contributed by atoms with Crippen molar-refractivity contribution >= 4 is 11.8 Å². The molecular weight excluding hydrogens is 232 g/mol. The van der Waals surface area contributed by atoms with Crippen molar-refractivity contribution in [2.75, 3.05) is 46.8 Å². The summed E-state index contributed by atoms with van der Waals surface area (Å²) in [5.74, 6) is 0.212. The van der Waals surface area contributed by atoms with E-state index in [1.165, 1.54) is 0 Å². The molecule has 0 aromatic rings. The van der Waals surface area contributed by atoms with Gasteiger partial charge in [0.05, 0.1) is 6.54 Å². The van der Waals surface area contributed by atoms with Gasteiger partial charge in [0.25, 0.3) is 0 Å². The quantitative estimate of drug-likeness (QED) is 0.697. The lowest BCUT2D eigenvalue weighted by Crippen LogP contribution is -2.52. The van der Waals surface area contributed by atoms with Gasteiger partial charge >= 0.3 is 0 Å². The third-order valence-electron chi connectivity index (χ3n) is 2.93. The molecule has 0 aromatic carbocycles. The van der Waals surface area contributed by atoms with E-state index < -0.39 is 0 Å². The third kappa shape index (κ3) is 4.62. The van der Waals surface area contributed by atoms with Crippen molar-refractivity contribution in [2.45, 2.75) is 19.4 Å². The number of hydrogen-bond donors (Lipinski definition) is 1. The molecule has 6 heteroatoms. The summed E-state index contributed by atoms with van der Waals surface area (Å²) in [7, 11) is 3.75. The van der Waals surface area contributed by atoms with Crippen LogP contribution >= 0.6 is 0 Å². The lowest BCUT2D eigenvalue weighted by atomic mass is 10.2. The molecule has 0 radical (unpaired) electrons. The van der Waals surface area contributed by atoms with Crippen LogP contribution in [0.25, 0.3) is 0 Å². The summed E-state index contributed by atoms with van der Waals surface area (Å²) < 4.78 is 0. The van der Waals surface area contributed by atoms with E-state index in [-0.39, 0.29) is 17.9 Å². The van der Waals surface area contributed by atoms with Crippen molar-refractivity contribution in [3.63, 3.8) is 0 Å². The van der Waals surface area contributed by atoms with Gasteiger partial charge in [0.2, 0.25) is 11.8 Å². The van der Waals surface area contributed by atoms with E-state index in [1.807, 2.05) is 30.8 Å². The fourth-order valence-corrected chi connectivity index (χ4v) is 1.98. The highest BCUT2D eigenvalue weighted by Crippen LogP contribution is 2.05. The first kappa shape index (κ1) is 14.9. The van der Waals surface area contributed by atoms with Gasteiger partial charge in [-0.3, -0.25) is 9.59 Å². The average Bonchev–Trinajstić information content (AvgIpc) is 2.27. The van der Waals surface area contributed by atoms with Crippen molar-refractivity contribution in [3.05, 3.63) is 0 Å². The van der Waals surface area contributed by atoms with Gasteiger partial charge in [-0.15, -0.1) is 0 Å². The van der Waals surface area contributed by atoms with Crippen LogP contribution in [0.3, 0.4) is 0 Å². The van der Waals surface area contributed by atoms with Crippen LogP contribution in [0.5, 0.6) is 0 Å². The lowest BCUT2D eigenvalue weighted by Gasteiger charge is -2.35. The Hall–Kier alpha value is -1.14. The van der Waals surface area contributed by atoms with Gasteiger partial charge in [-0.05, 0) is 21.0 Å². The Kier molecular flexibility index (Phi) is 5.55. The number of rotatable bonds is 4. The molecule has 0 spiro atoms. The van der Waals surface area contributed by atoms with Gasteiger partial charge in [-0.2, -0.15) is 0 Å². The third-order valence-corrected chi connectivity index (χ3v) is 2.93. The highest BCUT2D eigenvalue weighted by atomic mass is 16.2. The number of nitrogens with two attached hydrogens (primary N) is 1. The second kappa shape index (κ2) is 6.70. The van der Waals surface area contributed by atoms with Gasteiger partial charge < -0.3 is 20.4 Å². The minimum atomic E-state index is -0.106. The van der Waals surface area contributed by atoms with E-state index in [4.69, 9.17) is 5.73 Å². The van der Waals surface area contributed by atoms with Crippen molar-refractivity contribution in [2.24, 2.45) is 5.73 Å². The molecule has 1 saturated heterocycles. The predicted octanol–water partition coefficient (Wildman–Crippen LogP) is -1.04. The number of amides is 2. The Balaban J connectivity index is 2.36. The zero-order valence-electron chi connectivity index (χ0n) is 11.6. The van der Waals surface area contributed by atoms with Gasteiger partial charge in [0.1, 0.15) is 0 Å². The second-order valence-electron chi connectivity index (χ2n) is 5.18. The van der Waals surface area contributed by atoms with Crippen molar-refractivity contribution in [1.29, 1.82) is 0 Å². The van der Waals surface area contributed by atoms with Gasteiger partial charge in [0.15, 0.2) is 0 Å². The molecular formula is C12H24N4O2. The number of piperazine rings is 1. The fourth-order valence-electron chi connectivity index (χ4n) is 1.98. The smallest absolute Gasteiger partial charge is 0.236 e. The number of likely N-dealkylation sites (N-methyl/N-ethyl adjacent to an activating group) is 1. The van der Waals surface area contributed by atoms with Gasteiger partial charge in [-0.25, -0.2) is 0 Å². The normalized spacial score (nSPS) is 18.1. The molecule has 0 bridgehead atoms. The number of carbonyl (C=O) groups is 2. The SMILES string of the molecule is CC(N)CC(=O)N1CCN(C(=O)CN(C)C)CC1. The highest BCUT2D eigenvalue weighted by molar-refractivity contribution is 5.79. The molecule has 18 heavy (non-hydrogen) atoms. The summed E-state index contributed by atoms with van der Waals surface area (Å²) in [6.07, 6.45) is 0.381. The molecule has 0 aromatic heterocycles. The van der Waals surface area contributed by atoms with Crippen molar-refractivity contribution in [1.82, 2.24) is 14.7 Å². The summed E-state index contributed by atoms with van der Waals surface area (Å²) in [5, 5.41) is 0. The van der Waals surface area contributed by atoms with Crippen LogP contribution in [0.2, 0.25) is 0 Å². The van der Waals surface area contributed by atoms with E-state index in [0.717, 1.165) is 0 Å². The van der Waals surface area contributed by atoms with Crippen molar-refractivity contribution in [3.8, 4) is 0 Å². The molecule has 1 atom stereocenters. The molecule has 1 heterocycles. The predicted molar refractivity (Wildman–Crippen MR) is 70.0 cm³/mol. The van der Waals surface area contributed by atoms with E-state index in [2.05, 4.69) is 0 Å². The zero-order chi connectivity index (χ0) is 13.7. The molecule has 1 aliphatic rings. The van der Waals surface area contributed by atoms with Crippen molar-refractivity contribution < 1.29 is 9.59 Å². The molecule has 6 nitrogen and oxygen atoms in total. The Morgan fingerprint density at radius 2 is 1.56 bits per heavy atom. The standard InChI is InChI=1S/C12H24N4O2/c1-10(13)8-11(17)15-4-6-16(7-5-15)12(18)9-14(2)3/h10H,4-9,13H2,1-3H3. The Labute approximate surface area is 109 Å². The van der Waals surface area contributed by atoms with Crippen LogP contribution in [0, 0.1) is 0 Å². The monoisotopic (exact) mass is 256 g/mol. The molecule has 1 unspecified atom stereocenters. The molecule has 2 amide bonds. The van der Waals surface area contributed by atoms with E-state index in [1.54, 1.807) is 4.90 Å². The Bertz CT molecular complexity index is 266. The minimum Gasteiger partial charge on any atom is -0.339 e. The maximum absolute atomic E-state index is 11.8. The minimum absolute atomic E-state index is 0.0877. The summed E-state index contributed by atoms with van der Waals surface area (Å²) in [5.41, 5.74) is 5.61. The van der Waals surface area contributed by atoms with Crippen LogP contribution in [-0.2, 0) is 9.59 Å². The molecule has 104 valence electrons. The van der Waals surface area contributed by atoms with Crippen LogP contribution < -0.4 is 5.73 Å². The van der Waals surface area contributed by atoms with Crippen LogP contribution in [0.15, 0.2) is 0 Å². The first-order valence-electron chi connectivity index (χ1n) is 6.36. The molecule has 0 aliphatic carbocycles. The molecule has 1 rings (SSSR count).